The van der Waals surface area contributed by atoms with E-state index in [-0.39, 0.29) is 21.7 Å². The van der Waals surface area contributed by atoms with Crippen molar-refractivity contribution in [2.45, 2.75) is 30.6 Å². The van der Waals surface area contributed by atoms with Crippen molar-refractivity contribution >= 4 is 34.8 Å². The maximum atomic E-state index is 13.6. The van der Waals surface area contributed by atoms with Crippen molar-refractivity contribution in [3.63, 3.8) is 0 Å². The monoisotopic (exact) mass is 367 g/mol. The summed E-state index contributed by atoms with van der Waals surface area (Å²) in [5, 5.41) is -0.323. The van der Waals surface area contributed by atoms with Crippen LogP contribution in [-0.4, -0.2) is 23.8 Å². The second-order valence-corrected chi connectivity index (χ2v) is 5.47. The van der Waals surface area contributed by atoms with Gasteiger partial charge in [0.1, 0.15) is 17.2 Å². The Balaban J connectivity index is 3.19. The summed E-state index contributed by atoms with van der Waals surface area (Å²) in [4.78, 5) is 2.96. The van der Waals surface area contributed by atoms with Gasteiger partial charge in [0.15, 0.2) is 0 Å². The van der Waals surface area contributed by atoms with Crippen LogP contribution in [0.1, 0.15) is 13.3 Å². The lowest BCUT2D eigenvalue weighted by atomic mass is 10.2. The first-order valence-electron chi connectivity index (χ1n) is 5.77. The fraction of sp³-hybridized carbons (Fsp3) is 0.417. The standard InChI is InChI=1S/C12H9ClF7NS/c1-2-10(12(18,19)20)21-8-4-9(6(13)3-7(8)14)22-5-11(15,16)17/h3-4H,2,5H2,1H3. The van der Waals surface area contributed by atoms with Crippen LogP contribution in [0.3, 0.4) is 0 Å². The minimum atomic E-state index is -4.75. The highest BCUT2D eigenvalue weighted by Crippen LogP contribution is 2.36. The summed E-state index contributed by atoms with van der Waals surface area (Å²) in [6, 6.07) is 1.41. The second kappa shape index (κ2) is 7.08. The molecule has 1 rings (SSSR count). The van der Waals surface area contributed by atoms with Gasteiger partial charge >= 0.3 is 12.4 Å². The van der Waals surface area contributed by atoms with Gasteiger partial charge in [-0.3, -0.25) is 0 Å². The Kier molecular flexibility index (Phi) is 6.14. The molecule has 0 spiro atoms. The average molecular weight is 368 g/mol. The molecule has 0 aliphatic carbocycles. The third-order valence-electron chi connectivity index (χ3n) is 2.31. The van der Waals surface area contributed by atoms with Crippen molar-refractivity contribution < 1.29 is 30.7 Å². The average Bonchev–Trinajstić information content (AvgIpc) is 2.33. The van der Waals surface area contributed by atoms with E-state index in [4.69, 9.17) is 11.6 Å². The Morgan fingerprint density at radius 1 is 1.18 bits per heavy atom. The van der Waals surface area contributed by atoms with Gasteiger partial charge in [-0.2, -0.15) is 26.3 Å². The maximum absolute atomic E-state index is 13.6. The number of halogens is 8. The van der Waals surface area contributed by atoms with Crippen LogP contribution in [0.25, 0.3) is 0 Å². The zero-order chi connectivity index (χ0) is 17.1. The summed E-state index contributed by atoms with van der Waals surface area (Å²) < 4.78 is 87.8. The lowest BCUT2D eigenvalue weighted by Crippen LogP contribution is -2.21. The van der Waals surface area contributed by atoms with Crippen molar-refractivity contribution in [1.29, 1.82) is 0 Å². The summed E-state index contributed by atoms with van der Waals surface area (Å²) in [6.45, 7) is 1.18. The Hall–Kier alpha value is -0.960. The Morgan fingerprint density at radius 2 is 1.77 bits per heavy atom. The van der Waals surface area contributed by atoms with E-state index in [1.165, 1.54) is 6.92 Å². The number of benzene rings is 1. The van der Waals surface area contributed by atoms with Crippen LogP contribution in [0.4, 0.5) is 36.4 Å². The smallest absolute Gasteiger partial charge is 0.245 e. The fourth-order valence-corrected chi connectivity index (χ4v) is 2.39. The largest absolute Gasteiger partial charge is 0.429 e. The van der Waals surface area contributed by atoms with E-state index < -0.39 is 41.7 Å². The van der Waals surface area contributed by atoms with E-state index in [1.807, 2.05) is 0 Å². The predicted octanol–water partition coefficient (Wildman–Crippen LogP) is 6.18. The second-order valence-electron chi connectivity index (χ2n) is 4.05. The molecule has 0 aliphatic heterocycles. The zero-order valence-corrected chi connectivity index (χ0v) is 12.5. The van der Waals surface area contributed by atoms with Crippen LogP contribution >= 0.6 is 23.4 Å². The molecule has 0 saturated heterocycles. The predicted molar refractivity (Wildman–Crippen MR) is 71.6 cm³/mol. The zero-order valence-electron chi connectivity index (χ0n) is 10.9. The Morgan fingerprint density at radius 3 is 2.23 bits per heavy atom. The van der Waals surface area contributed by atoms with Gasteiger partial charge in [0.2, 0.25) is 0 Å². The molecule has 0 saturated carbocycles. The number of hydrogen-bond donors (Lipinski definition) is 0. The van der Waals surface area contributed by atoms with Crippen LogP contribution < -0.4 is 0 Å². The molecule has 0 atom stereocenters. The number of aliphatic imine (C=N–C) groups is 1. The summed E-state index contributed by atoms with van der Waals surface area (Å²) in [7, 11) is 0. The fourth-order valence-electron chi connectivity index (χ4n) is 1.36. The summed E-state index contributed by atoms with van der Waals surface area (Å²) in [6.07, 6.45) is -9.75. The van der Waals surface area contributed by atoms with E-state index in [2.05, 4.69) is 4.99 Å². The molecule has 1 nitrogen and oxygen atoms in total. The first kappa shape index (κ1) is 19.1. The molecule has 10 heteroatoms. The highest BCUT2D eigenvalue weighted by molar-refractivity contribution is 7.99. The van der Waals surface area contributed by atoms with Gasteiger partial charge in [0.05, 0.1) is 10.8 Å². The SMILES string of the molecule is CCC(=Nc1cc(SCC(F)(F)F)c(Cl)cc1F)C(F)(F)F. The molecule has 1 aromatic carbocycles. The van der Waals surface area contributed by atoms with Gasteiger partial charge in [-0.1, -0.05) is 18.5 Å². The van der Waals surface area contributed by atoms with Gasteiger partial charge < -0.3 is 0 Å². The van der Waals surface area contributed by atoms with Crippen molar-refractivity contribution in [2.24, 2.45) is 4.99 Å². The molecule has 0 amide bonds. The molecule has 0 radical (unpaired) electrons. The van der Waals surface area contributed by atoms with Crippen LogP contribution in [0.2, 0.25) is 5.02 Å². The number of hydrogen-bond acceptors (Lipinski definition) is 2. The van der Waals surface area contributed by atoms with Crippen LogP contribution in [0.5, 0.6) is 0 Å². The van der Waals surface area contributed by atoms with Gasteiger partial charge in [-0.15, -0.1) is 11.8 Å². The highest BCUT2D eigenvalue weighted by atomic mass is 35.5. The van der Waals surface area contributed by atoms with Crippen LogP contribution in [0, 0.1) is 5.82 Å². The van der Waals surface area contributed by atoms with Crippen molar-refractivity contribution in [3.8, 4) is 0 Å². The number of nitrogens with zero attached hydrogens (tertiary/aromatic N) is 1. The molecule has 22 heavy (non-hydrogen) atoms. The maximum Gasteiger partial charge on any atom is 0.429 e. The third kappa shape index (κ3) is 5.68. The molecule has 0 fully saturated rings. The number of thioether (sulfide) groups is 1. The van der Waals surface area contributed by atoms with Gasteiger partial charge in [0.25, 0.3) is 0 Å². The van der Waals surface area contributed by atoms with Gasteiger partial charge in [0, 0.05) is 4.90 Å². The topological polar surface area (TPSA) is 12.4 Å². The number of rotatable bonds is 4. The normalized spacial score (nSPS) is 13.6. The summed E-state index contributed by atoms with van der Waals surface area (Å²) >= 11 is 5.84. The van der Waals surface area contributed by atoms with Crippen molar-refractivity contribution in [3.05, 3.63) is 23.0 Å². The van der Waals surface area contributed by atoms with Crippen LogP contribution in [0.15, 0.2) is 22.0 Å². The lowest BCUT2D eigenvalue weighted by molar-refractivity contribution is -0.105. The van der Waals surface area contributed by atoms with E-state index >= 15 is 0 Å². The molecule has 1 aromatic rings. The quantitative estimate of drug-likeness (QED) is 0.352. The molecule has 124 valence electrons. The summed E-state index contributed by atoms with van der Waals surface area (Å²) in [5.74, 6) is -2.45. The Bertz CT molecular complexity index is 566. The molecule has 0 heterocycles. The first-order chi connectivity index (χ1) is 9.94. The third-order valence-corrected chi connectivity index (χ3v) is 3.86. The van der Waals surface area contributed by atoms with Crippen molar-refractivity contribution in [1.82, 2.24) is 0 Å². The number of alkyl halides is 6. The van der Waals surface area contributed by atoms with E-state index in [9.17, 15) is 30.7 Å². The minimum Gasteiger partial charge on any atom is -0.245 e. The summed E-state index contributed by atoms with van der Waals surface area (Å²) in [5.41, 5.74) is -1.94. The highest BCUT2D eigenvalue weighted by Gasteiger charge is 2.34. The van der Waals surface area contributed by atoms with Crippen molar-refractivity contribution in [2.75, 3.05) is 5.75 Å². The lowest BCUT2D eigenvalue weighted by Gasteiger charge is -2.11. The van der Waals surface area contributed by atoms with Crippen LogP contribution in [-0.2, 0) is 0 Å². The van der Waals surface area contributed by atoms with E-state index in [1.54, 1.807) is 0 Å². The van der Waals surface area contributed by atoms with E-state index in [0.29, 0.717) is 6.07 Å². The molecule has 0 aromatic heterocycles. The van der Waals surface area contributed by atoms with Gasteiger partial charge in [-0.25, -0.2) is 9.38 Å². The molecule has 0 bridgehead atoms. The molecule has 0 unspecified atom stereocenters. The van der Waals surface area contributed by atoms with E-state index in [0.717, 1.165) is 6.07 Å². The molecular weight excluding hydrogens is 359 g/mol. The minimum absolute atomic E-state index is 0.197. The molecule has 0 aliphatic rings. The van der Waals surface area contributed by atoms with Gasteiger partial charge in [-0.05, 0) is 18.6 Å². The molecule has 0 N–H and O–H groups in total. The molecular formula is C12H9ClF7NS. The first-order valence-corrected chi connectivity index (χ1v) is 7.13. The Labute approximate surface area is 130 Å².